The number of fused-ring (bicyclic) bond motifs is 1. The Bertz CT molecular complexity index is 994. The molecule has 2 aromatic rings. The summed E-state index contributed by atoms with van der Waals surface area (Å²) in [6.45, 7) is 0. The number of amides is 1. The second kappa shape index (κ2) is 6.80. The molecule has 1 aliphatic rings. The minimum absolute atomic E-state index is 0.0168. The van der Waals surface area contributed by atoms with Crippen molar-refractivity contribution in [2.45, 2.75) is 12.0 Å². The molecule has 3 rings (SSSR count). The quantitative estimate of drug-likeness (QED) is 0.443. The number of carbonyl (C=O) groups excluding carboxylic acids is 2. The Morgan fingerprint density at radius 1 is 1.33 bits per heavy atom. The van der Waals surface area contributed by atoms with Gasteiger partial charge in [0, 0.05) is 22.2 Å². The van der Waals surface area contributed by atoms with E-state index < -0.39 is 34.3 Å². The molecule has 2 N–H and O–H groups in total. The highest BCUT2D eigenvalue weighted by Gasteiger charge is 2.48. The molecule has 1 aliphatic heterocycles. The summed E-state index contributed by atoms with van der Waals surface area (Å²) < 4.78 is 4.89. The van der Waals surface area contributed by atoms with Gasteiger partial charge in [0.15, 0.2) is 17.1 Å². The molecule has 0 saturated carbocycles. The molecular weight excluding hydrogens is 399 g/mol. The van der Waals surface area contributed by atoms with Crippen LogP contribution in [0.25, 0.3) is 0 Å². The van der Waals surface area contributed by atoms with Gasteiger partial charge in [-0.1, -0.05) is 23.2 Å². The standard InChI is InChI=1S/C17H12Cl2N2O6/c1-27-14-3-2-8(4-12(14)21(25)26)13(22)7-17(24)15-10(19)5-9(18)6-11(15)20-16(17)23/h2-6,24H,7H2,1H3,(H,20,23)/t17-/m1/s1. The molecule has 0 aromatic heterocycles. The van der Waals surface area contributed by atoms with Crippen molar-refractivity contribution < 1.29 is 24.4 Å². The van der Waals surface area contributed by atoms with Crippen LogP contribution in [-0.2, 0) is 10.4 Å². The number of ketones is 1. The third-order valence-corrected chi connectivity index (χ3v) is 4.72. The highest BCUT2D eigenvalue weighted by Crippen LogP contribution is 2.44. The number of nitrogens with zero attached hydrogens (tertiary/aromatic N) is 1. The second-order valence-electron chi connectivity index (χ2n) is 5.87. The molecule has 1 heterocycles. The molecule has 1 atom stereocenters. The van der Waals surface area contributed by atoms with Gasteiger partial charge in [0.25, 0.3) is 5.91 Å². The van der Waals surface area contributed by atoms with Gasteiger partial charge in [0.2, 0.25) is 0 Å². The maximum absolute atomic E-state index is 12.6. The first-order valence-electron chi connectivity index (χ1n) is 7.56. The number of nitrogens with one attached hydrogen (secondary N) is 1. The predicted octanol–water partition coefficient (Wildman–Crippen LogP) is 3.32. The van der Waals surface area contributed by atoms with Gasteiger partial charge in [-0.3, -0.25) is 19.7 Å². The maximum Gasteiger partial charge on any atom is 0.311 e. The number of methoxy groups -OCH3 is 1. The van der Waals surface area contributed by atoms with Gasteiger partial charge in [-0.05, 0) is 24.3 Å². The van der Waals surface area contributed by atoms with Crippen molar-refractivity contribution in [2.24, 2.45) is 0 Å². The molecule has 0 unspecified atom stereocenters. The number of nitro benzene ring substituents is 1. The highest BCUT2D eigenvalue weighted by molar-refractivity contribution is 6.36. The van der Waals surface area contributed by atoms with E-state index in [0.29, 0.717) is 0 Å². The van der Waals surface area contributed by atoms with Crippen LogP contribution in [0.15, 0.2) is 30.3 Å². The van der Waals surface area contributed by atoms with Gasteiger partial charge < -0.3 is 15.2 Å². The third-order valence-electron chi connectivity index (χ3n) is 4.21. The Morgan fingerprint density at radius 3 is 2.67 bits per heavy atom. The number of benzene rings is 2. The first kappa shape index (κ1) is 19.1. The van der Waals surface area contributed by atoms with E-state index in [1.807, 2.05) is 0 Å². The molecule has 0 fully saturated rings. The van der Waals surface area contributed by atoms with Crippen molar-refractivity contribution in [3.8, 4) is 5.75 Å². The summed E-state index contributed by atoms with van der Waals surface area (Å²) in [6, 6.07) is 6.36. The Morgan fingerprint density at radius 2 is 2.04 bits per heavy atom. The molecule has 0 bridgehead atoms. The molecule has 0 aliphatic carbocycles. The summed E-state index contributed by atoms with van der Waals surface area (Å²) in [4.78, 5) is 35.4. The van der Waals surface area contributed by atoms with Gasteiger partial charge in [0.1, 0.15) is 0 Å². The number of hydrogen-bond acceptors (Lipinski definition) is 6. The average Bonchev–Trinajstić information content (AvgIpc) is 2.84. The molecule has 0 saturated heterocycles. The lowest BCUT2D eigenvalue weighted by atomic mass is 9.88. The average molecular weight is 411 g/mol. The number of halogens is 2. The summed E-state index contributed by atoms with van der Waals surface area (Å²) >= 11 is 12.0. The van der Waals surface area contributed by atoms with Gasteiger partial charge in [-0.15, -0.1) is 0 Å². The number of anilines is 1. The van der Waals surface area contributed by atoms with Crippen LogP contribution in [-0.4, -0.2) is 28.8 Å². The number of ether oxygens (including phenoxy) is 1. The fourth-order valence-corrected chi connectivity index (χ4v) is 3.59. The zero-order valence-corrected chi connectivity index (χ0v) is 15.3. The number of carbonyl (C=O) groups is 2. The van der Waals surface area contributed by atoms with Gasteiger partial charge >= 0.3 is 5.69 Å². The van der Waals surface area contributed by atoms with Gasteiger partial charge in [0.05, 0.1) is 29.2 Å². The van der Waals surface area contributed by atoms with Crippen LogP contribution in [0, 0.1) is 10.1 Å². The molecule has 27 heavy (non-hydrogen) atoms. The monoisotopic (exact) mass is 410 g/mol. The SMILES string of the molecule is COc1ccc(C(=O)C[C@]2(O)C(=O)Nc3cc(Cl)cc(Cl)c32)cc1[N+](=O)[O-]. The van der Waals surface area contributed by atoms with E-state index in [2.05, 4.69) is 5.32 Å². The normalized spacial score (nSPS) is 18.0. The zero-order chi connectivity index (χ0) is 19.9. The minimum atomic E-state index is -2.22. The number of hydrogen-bond donors (Lipinski definition) is 2. The predicted molar refractivity (Wildman–Crippen MR) is 97.6 cm³/mol. The van der Waals surface area contributed by atoms with Crippen LogP contribution < -0.4 is 10.1 Å². The molecule has 0 radical (unpaired) electrons. The van der Waals surface area contributed by atoms with Crippen molar-refractivity contribution in [1.29, 1.82) is 0 Å². The summed E-state index contributed by atoms with van der Waals surface area (Å²) in [5, 5.41) is 24.7. The number of Topliss-reactive ketones (excluding diaryl/α,β-unsaturated/α-hetero) is 1. The highest BCUT2D eigenvalue weighted by atomic mass is 35.5. The van der Waals surface area contributed by atoms with Crippen LogP contribution in [0.2, 0.25) is 10.0 Å². The summed E-state index contributed by atoms with van der Waals surface area (Å²) in [7, 11) is 1.26. The molecule has 2 aromatic carbocycles. The fraction of sp³-hybridized carbons (Fsp3) is 0.176. The van der Waals surface area contributed by atoms with Crippen LogP contribution in [0.4, 0.5) is 11.4 Å². The zero-order valence-electron chi connectivity index (χ0n) is 13.8. The number of nitro groups is 1. The van der Waals surface area contributed by atoms with E-state index in [0.717, 1.165) is 6.07 Å². The first-order valence-corrected chi connectivity index (χ1v) is 8.32. The van der Waals surface area contributed by atoms with Crippen LogP contribution in [0.1, 0.15) is 22.3 Å². The lowest BCUT2D eigenvalue weighted by Crippen LogP contribution is -2.36. The Labute approximate surface area is 162 Å². The molecule has 1 amide bonds. The summed E-state index contributed by atoms with van der Waals surface area (Å²) in [5.41, 5.74) is -2.44. The van der Waals surface area contributed by atoms with Crippen LogP contribution in [0.5, 0.6) is 5.75 Å². The lowest BCUT2D eigenvalue weighted by Gasteiger charge is -2.21. The van der Waals surface area contributed by atoms with Crippen molar-refractivity contribution >= 4 is 46.3 Å². The molecule has 8 nitrogen and oxygen atoms in total. The fourth-order valence-electron chi connectivity index (χ4n) is 2.94. The smallest absolute Gasteiger partial charge is 0.311 e. The van der Waals surface area contributed by atoms with Crippen molar-refractivity contribution in [1.82, 2.24) is 0 Å². The second-order valence-corrected chi connectivity index (χ2v) is 6.71. The van der Waals surface area contributed by atoms with E-state index in [9.17, 15) is 24.8 Å². The third kappa shape index (κ3) is 3.23. The molecule has 140 valence electrons. The first-order chi connectivity index (χ1) is 12.7. The molecule has 0 spiro atoms. The Balaban J connectivity index is 1.99. The Kier molecular flexibility index (Phi) is 4.81. The van der Waals surface area contributed by atoms with E-state index >= 15 is 0 Å². The number of rotatable bonds is 5. The van der Waals surface area contributed by atoms with E-state index in [-0.39, 0.29) is 32.6 Å². The number of aliphatic hydroxyl groups is 1. The molecular formula is C17H12Cl2N2O6. The summed E-state index contributed by atoms with van der Waals surface area (Å²) in [5.74, 6) is -1.53. The van der Waals surface area contributed by atoms with Crippen LogP contribution in [0.3, 0.4) is 0 Å². The van der Waals surface area contributed by atoms with Crippen molar-refractivity contribution in [3.05, 3.63) is 61.6 Å². The topological polar surface area (TPSA) is 119 Å². The van der Waals surface area contributed by atoms with E-state index in [4.69, 9.17) is 27.9 Å². The summed E-state index contributed by atoms with van der Waals surface area (Å²) in [6.07, 6.45) is -0.656. The van der Waals surface area contributed by atoms with Crippen molar-refractivity contribution in [3.63, 3.8) is 0 Å². The van der Waals surface area contributed by atoms with Gasteiger partial charge in [-0.2, -0.15) is 0 Å². The Hall–Kier alpha value is -2.68. The van der Waals surface area contributed by atoms with E-state index in [1.165, 1.54) is 31.4 Å². The minimum Gasteiger partial charge on any atom is -0.490 e. The van der Waals surface area contributed by atoms with E-state index in [1.54, 1.807) is 0 Å². The van der Waals surface area contributed by atoms with Crippen LogP contribution >= 0.6 is 23.2 Å². The van der Waals surface area contributed by atoms with Crippen molar-refractivity contribution in [2.75, 3.05) is 12.4 Å². The van der Waals surface area contributed by atoms with Gasteiger partial charge in [-0.25, -0.2) is 0 Å². The maximum atomic E-state index is 12.6. The molecule has 10 heteroatoms. The lowest BCUT2D eigenvalue weighted by molar-refractivity contribution is -0.385. The largest absolute Gasteiger partial charge is 0.490 e.